The average molecular weight is 421 g/mol. The second kappa shape index (κ2) is 8.88. The van der Waals surface area contributed by atoms with Crippen LogP contribution in [0, 0.1) is 12.7 Å². The maximum atomic E-state index is 13.8. The summed E-state index contributed by atoms with van der Waals surface area (Å²) >= 11 is 0. The van der Waals surface area contributed by atoms with E-state index < -0.39 is 0 Å². The van der Waals surface area contributed by atoms with E-state index in [1.807, 2.05) is 42.8 Å². The summed E-state index contributed by atoms with van der Waals surface area (Å²) in [5.74, 6) is 2.18. The summed E-state index contributed by atoms with van der Waals surface area (Å²) in [7, 11) is 1.94. The van der Waals surface area contributed by atoms with Crippen molar-refractivity contribution in [2.75, 3.05) is 6.54 Å². The molecule has 1 heterocycles. The first kappa shape index (κ1) is 21.0. The number of aliphatic imine (C=N–C) groups is 1. The number of aromatic nitrogens is 3. The van der Waals surface area contributed by atoms with Crippen molar-refractivity contribution in [3.05, 3.63) is 83.2 Å². The lowest BCUT2D eigenvalue weighted by Crippen LogP contribution is -2.42. The van der Waals surface area contributed by atoms with Crippen LogP contribution in [0.2, 0.25) is 0 Å². The quantitative estimate of drug-likeness (QED) is 0.451. The SMILES string of the molecule is Cc1nnc(CN=C(NCC2(c3cccc(F)c3)CC2)NC(C)c2ccccc2)n1C. The Balaban J connectivity index is 1.50. The predicted molar refractivity (Wildman–Crippen MR) is 120 cm³/mol. The Morgan fingerprint density at radius 2 is 1.94 bits per heavy atom. The van der Waals surface area contributed by atoms with Crippen LogP contribution >= 0.6 is 0 Å². The molecule has 1 saturated carbocycles. The molecular weight excluding hydrogens is 391 g/mol. The molecule has 31 heavy (non-hydrogen) atoms. The molecule has 7 heteroatoms. The van der Waals surface area contributed by atoms with E-state index in [9.17, 15) is 4.39 Å². The second-order valence-electron chi connectivity index (χ2n) is 8.31. The predicted octanol–water partition coefficient (Wildman–Crippen LogP) is 3.79. The zero-order valence-corrected chi connectivity index (χ0v) is 18.3. The van der Waals surface area contributed by atoms with E-state index in [4.69, 9.17) is 4.99 Å². The van der Waals surface area contributed by atoms with Gasteiger partial charge in [-0.2, -0.15) is 0 Å². The molecule has 6 nitrogen and oxygen atoms in total. The van der Waals surface area contributed by atoms with Gasteiger partial charge >= 0.3 is 0 Å². The number of halogens is 1. The Morgan fingerprint density at radius 3 is 2.58 bits per heavy atom. The number of benzene rings is 2. The van der Waals surface area contributed by atoms with Crippen molar-refractivity contribution in [2.45, 2.75) is 44.7 Å². The van der Waals surface area contributed by atoms with E-state index in [1.54, 1.807) is 12.1 Å². The first-order valence-electron chi connectivity index (χ1n) is 10.7. The fourth-order valence-electron chi connectivity index (χ4n) is 3.71. The zero-order chi connectivity index (χ0) is 21.8. The number of hydrogen-bond acceptors (Lipinski definition) is 3. The van der Waals surface area contributed by atoms with Gasteiger partial charge in [-0.05, 0) is 49.9 Å². The Labute approximate surface area is 182 Å². The molecule has 1 aliphatic carbocycles. The fraction of sp³-hybridized carbons (Fsp3) is 0.375. The van der Waals surface area contributed by atoms with Gasteiger partial charge < -0.3 is 15.2 Å². The van der Waals surface area contributed by atoms with Gasteiger partial charge in [-0.3, -0.25) is 0 Å². The van der Waals surface area contributed by atoms with Gasteiger partial charge in [-0.15, -0.1) is 10.2 Å². The van der Waals surface area contributed by atoms with Crippen LogP contribution < -0.4 is 10.6 Å². The average Bonchev–Trinajstić information content (AvgIpc) is 3.51. The number of aryl methyl sites for hydroxylation is 1. The number of guanidine groups is 1. The van der Waals surface area contributed by atoms with E-state index in [0.717, 1.165) is 30.1 Å². The summed E-state index contributed by atoms with van der Waals surface area (Å²) in [6.45, 7) is 5.15. The molecule has 1 fully saturated rings. The van der Waals surface area contributed by atoms with Crippen molar-refractivity contribution < 1.29 is 4.39 Å². The molecule has 1 atom stereocenters. The topological polar surface area (TPSA) is 67.1 Å². The minimum atomic E-state index is -0.189. The van der Waals surface area contributed by atoms with Crippen LogP contribution in [0.3, 0.4) is 0 Å². The number of nitrogens with zero attached hydrogens (tertiary/aromatic N) is 4. The van der Waals surface area contributed by atoms with Crippen molar-refractivity contribution in [3.63, 3.8) is 0 Å². The molecule has 4 rings (SSSR count). The van der Waals surface area contributed by atoms with Crippen LogP contribution in [0.15, 0.2) is 59.6 Å². The molecule has 0 radical (unpaired) electrons. The third-order valence-electron chi connectivity index (χ3n) is 6.10. The minimum absolute atomic E-state index is 0.0398. The summed E-state index contributed by atoms with van der Waals surface area (Å²) in [4.78, 5) is 4.77. The maximum absolute atomic E-state index is 13.8. The van der Waals surface area contributed by atoms with Crippen molar-refractivity contribution >= 4 is 5.96 Å². The third-order valence-corrected chi connectivity index (χ3v) is 6.10. The minimum Gasteiger partial charge on any atom is -0.355 e. The van der Waals surface area contributed by atoms with Crippen LogP contribution in [0.25, 0.3) is 0 Å². The van der Waals surface area contributed by atoms with Gasteiger partial charge in [0.05, 0.1) is 6.04 Å². The van der Waals surface area contributed by atoms with Crippen molar-refractivity contribution in [3.8, 4) is 0 Å². The highest BCUT2D eigenvalue weighted by atomic mass is 19.1. The number of nitrogens with one attached hydrogen (secondary N) is 2. The van der Waals surface area contributed by atoms with Gasteiger partial charge in [0.15, 0.2) is 11.8 Å². The molecular formula is C24H29FN6. The van der Waals surface area contributed by atoms with Gasteiger partial charge in [-0.1, -0.05) is 42.5 Å². The van der Waals surface area contributed by atoms with E-state index in [-0.39, 0.29) is 17.3 Å². The standard InChI is InChI=1S/C24H29FN6/c1-17(19-8-5-4-6-9-19)28-23(26-15-22-30-29-18(2)31(22)3)27-16-24(12-13-24)20-10-7-11-21(25)14-20/h4-11,14,17H,12-13,15-16H2,1-3H3,(H2,26,27,28). The van der Waals surface area contributed by atoms with Crippen LogP contribution in [-0.2, 0) is 19.0 Å². The molecule has 1 aliphatic rings. The molecule has 0 aliphatic heterocycles. The molecule has 1 aromatic heterocycles. The van der Waals surface area contributed by atoms with E-state index >= 15 is 0 Å². The summed E-state index contributed by atoms with van der Waals surface area (Å²) in [6.07, 6.45) is 2.07. The highest BCUT2D eigenvalue weighted by Gasteiger charge is 2.44. The zero-order valence-electron chi connectivity index (χ0n) is 18.3. The Bertz CT molecular complexity index is 1050. The number of rotatable bonds is 7. The van der Waals surface area contributed by atoms with Crippen molar-refractivity contribution in [1.29, 1.82) is 0 Å². The molecule has 2 N–H and O–H groups in total. The lowest BCUT2D eigenvalue weighted by molar-refractivity contribution is 0.601. The molecule has 2 aromatic carbocycles. The van der Waals surface area contributed by atoms with Gasteiger partial charge in [0.2, 0.25) is 0 Å². The monoisotopic (exact) mass is 420 g/mol. The molecule has 0 spiro atoms. The summed E-state index contributed by atoms with van der Waals surface area (Å²) in [6, 6.07) is 17.3. The molecule has 162 valence electrons. The van der Waals surface area contributed by atoms with Crippen LogP contribution in [-0.4, -0.2) is 27.3 Å². The van der Waals surface area contributed by atoms with Crippen LogP contribution in [0.1, 0.15) is 48.6 Å². The smallest absolute Gasteiger partial charge is 0.192 e. The Morgan fingerprint density at radius 1 is 1.16 bits per heavy atom. The summed E-state index contributed by atoms with van der Waals surface area (Å²) in [5, 5.41) is 15.3. The lowest BCUT2D eigenvalue weighted by atomic mass is 9.96. The Hall–Kier alpha value is -3.22. The molecule has 0 saturated heterocycles. The van der Waals surface area contributed by atoms with E-state index in [2.05, 4.69) is 39.9 Å². The van der Waals surface area contributed by atoms with Crippen LogP contribution in [0.5, 0.6) is 0 Å². The first-order valence-corrected chi connectivity index (χ1v) is 10.7. The molecule has 3 aromatic rings. The second-order valence-corrected chi connectivity index (χ2v) is 8.31. The normalized spacial score (nSPS) is 16.1. The maximum Gasteiger partial charge on any atom is 0.192 e. The Kier molecular flexibility index (Phi) is 6.02. The van der Waals surface area contributed by atoms with Crippen LogP contribution in [0.4, 0.5) is 4.39 Å². The van der Waals surface area contributed by atoms with E-state index in [0.29, 0.717) is 19.0 Å². The molecule has 1 unspecified atom stereocenters. The highest BCUT2D eigenvalue weighted by molar-refractivity contribution is 5.80. The van der Waals surface area contributed by atoms with Crippen molar-refractivity contribution in [1.82, 2.24) is 25.4 Å². The van der Waals surface area contributed by atoms with Gasteiger partial charge in [0, 0.05) is 19.0 Å². The third kappa shape index (κ3) is 4.93. The summed E-state index contributed by atoms with van der Waals surface area (Å²) in [5.41, 5.74) is 2.18. The lowest BCUT2D eigenvalue weighted by Gasteiger charge is -2.22. The van der Waals surface area contributed by atoms with Crippen molar-refractivity contribution in [2.24, 2.45) is 12.0 Å². The largest absolute Gasteiger partial charge is 0.355 e. The number of hydrogen-bond donors (Lipinski definition) is 2. The summed E-state index contributed by atoms with van der Waals surface area (Å²) < 4.78 is 15.7. The van der Waals surface area contributed by atoms with E-state index in [1.165, 1.54) is 11.6 Å². The van der Waals surface area contributed by atoms with Gasteiger partial charge in [0.25, 0.3) is 0 Å². The van der Waals surface area contributed by atoms with Gasteiger partial charge in [0.1, 0.15) is 18.2 Å². The first-order chi connectivity index (χ1) is 15.0. The highest BCUT2D eigenvalue weighted by Crippen LogP contribution is 2.47. The fourth-order valence-corrected chi connectivity index (χ4v) is 3.71. The molecule has 0 bridgehead atoms. The van der Waals surface area contributed by atoms with Gasteiger partial charge in [-0.25, -0.2) is 9.38 Å². The molecule has 0 amide bonds.